The number of carboxylic acid groups (broad SMARTS) is 1. The zero-order valence-electron chi connectivity index (χ0n) is 22.3. The molecule has 1 atom stereocenters. The Bertz CT molecular complexity index is 945. The van der Waals surface area contributed by atoms with Gasteiger partial charge in [-0.15, -0.1) is 0 Å². The number of benzene rings is 1. The summed E-state index contributed by atoms with van der Waals surface area (Å²) >= 11 is 0. The van der Waals surface area contributed by atoms with Crippen molar-refractivity contribution in [3.05, 3.63) is 29.8 Å². The van der Waals surface area contributed by atoms with Gasteiger partial charge in [0.15, 0.2) is 11.8 Å². The zero-order valence-corrected chi connectivity index (χ0v) is 22.3. The topological polar surface area (TPSA) is 135 Å². The van der Waals surface area contributed by atoms with E-state index in [2.05, 4.69) is 17.7 Å². The second-order valence-corrected chi connectivity index (χ2v) is 9.78. The van der Waals surface area contributed by atoms with E-state index >= 15 is 0 Å². The molecule has 0 aliphatic carbocycles. The number of aryl methyl sites for hydroxylation is 1. The fourth-order valence-corrected chi connectivity index (χ4v) is 4.00. The van der Waals surface area contributed by atoms with E-state index in [1.165, 1.54) is 23.8 Å². The molecule has 2 rings (SSSR count). The first-order valence-corrected chi connectivity index (χ1v) is 13.2. The maximum Gasteiger partial charge on any atom is 0.347 e. The lowest BCUT2D eigenvalue weighted by Crippen LogP contribution is -2.69. The second kappa shape index (κ2) is 15.2. The molecule has 1 aromatic rings. The number of nitrogens with zero attached hydrogens (tertiary/aromatic N) is 3. The third kappa shape index (κ3) is 9.67. The van der Waals surface area contributed by atoms with Crippen molar-refractivity contribution in [3.8, 4) is 11.8 Å². The quantitative estimate of drug-likeness (QED) is 0.267. The number of carboxylic acids is 1. The minimum atomic E-state index is -1.31. The number of hydrogen-bond acceptors (Lipinski definition) is 7. The molecule has 0 spiro atoms. The number of hydrogen-bond donors (Lipinski definition) is 3. The Kier molecular flexibility index (Phi) is 12.3. The Balaban J connectivity index is 1.85. The van der Waals surface area contributed by atoms with Crippen molar-refractivity contribution in [2.24, 2.45) is 0 Å². The number of carbonyl (C=O) groups excluding carboxylic acids is 2. The highest BCUT2D eigenvalue weighted by atomic mass is 16.5. The van der Waals surface area contributed by atoms with Gasteiger partial charge in [0.2, 0.25) is 0 Å². The third-order valence-corrected chi connectivity index (χ3v) is 6.22. The third-order valence-electron chi connectivity index (χ3n) is 6.22. The zero-order chi connectivity index (χ0) is 27.3. The highest BCUT2D eigenvalue weighted by Gasteiger charge is 2.38. The van der Waals surface area contributed by atoms with Gasteiger partial charge in [-0.3, -0.25) is 20.0 Å². The summed E-state index contributed by atoms with van der Waals surface area (Å²) in [4.78, 5) is 38.4. The molecule has 1 heterocycles. The summed E-state index contributed by atoms with van der Waals surface area (Å²) in [5.41, 5.74) is 2.66. The van der Waals surface area contributed by atoms with E-state index in [1.54, 1.807) is 6.07 Å². The molecule has 1 unspecified atom stereocenters. The first-order chi connectivity index (χ1) is 17.7. The van der Waals surface area contributed by atoms with Crippen molar-refractivity contribution in [2.75, 3.05) is 19.6 Å². The molecule has 0 bridgehead atoms. The van der Waals surface area contributed by atoms with Crippen molar-refractivity contribution < 1.29 is 24.2 Å². The number of imide groups is 1. The van der Waals surface area contributed by atoms with Crippen LogP contribution in [0.15, 0.2) is 24.3 Å². The molecule has 1 aliphatic heterocycles. The van der Waals surface area contributed by atoms with E-state index in [9.17, 15) is 19.5 Å². The van der Waals surface area contributed by atoms with Gasteiger partial charge in [0.05, 0.1) is 19.0 Å². The predicted octanol–water partition coefficient (Wildman–Crippen LogP) is 3.82. The maximum atomic E-state index is 13.0. The molecule has 0 aromatic heterocycles. The molecule has 1 aromatic carbocycles. The monoisotopic (exact) mass is 515 g/mol. The number of unbranched alkanes of at least 4 members (excludes halogenated alkanes) is 5. The van der Waals surface area contributed by atoms with E-state index in [4.69, 9.17) is 10.00 Å². The van der Waals surface area contributed by atoms with Gasteiger partial charge < -0.3 is 9.84 Å². The molecule has 1 saturated heterocycles. The minimum Gasteiger partial charge on any atom is -0.478 e. The lowest BCUT2D eigenvalue weighted by Gasteiger charge is -2.39. The minimum absolute atomic E-state index is 0.177. The van der Waals surface area contributed by atoms with Crippen LogP contribution in [-0.2, 0) is 16.0 Å². The smallest absolute Gasteiger partial charge is 0.347 e. The van der Waals surface area contributed by atoms with Crippen LogP contribution in [0.3, 0.4) is 0 Å². The molecule has 3 N–H and O–H groups in total. The summed E-state index contributed by atoms with van der Waals surface area (Å²) in [7, 11) is 0. The predicted molar refractivity (Wildman–Crippen MR) is 139 cm³/mol. The number of nitrogens with one attached hydrogen (secondary N) is 2. The number of urea groups is 1. The standard InChI is InChI=1S/C27H41N5O5/c1-4-5-6-7-10-18-31-24(33)23(30-32(26(31)36)19-12-16-28)29-17-9-8-13-21-14-11-15-22(20-21)37-27(2,3)25(34)35/h11,14-15,20,23,29-30H,4-10,12-13,17-19H2,1-3H3,(H,34,35). The van der Waals surface area contributed by atoms with Crippen LogP contribution in [0.25, 0.3) is 0 Å². The summed E-state index contributed by atoms with van der Waals surface area (Å²) < 4.78 is 5.61. The van der Waals surface area contributed by atoms with Gasteiger partial charge in [-0.25, -0.2) is 15.0 Å². The number of nitriles is 1. The molecule has 10 nitrogen and oxygen atoms in total. The van der Waals surface area contributed by atoms with Crippen molar-refractivity contribution in [3.63, 3.8) is 0 Å². The van der Waals surface area contributed by atoms with Gasteiger partial charge in [-0.2, -0.15) is 5.26 Å². The summed E-state index contributed by atoms with van der Waals surface area (Å²) in [5.74, 6) is -0.811. The Morgan fingerprint density at radius 3 is 2.62 bits per heavy atom. The normalized spacial score (nSPS) is 16.1. The molecule has 10 heteroatoms. The number of aliphatic carboxylic acids is 1. The van der Waals surface area contributed by atoms with Gasteiger partial charge in [-0.05, 0) is 63.8 Å². The van der Waals surface area contributed by atoms with E-state index in [0.717, 1.165) is 56.9 Å². The van der Waals surface area contributed by atoms with Crippen molar-refractivity contribution >= 4 is 17.9 Å². The average molecular weight is 516 g/mol. The van der Waals surface area contributed by atoms with Gasteiger partial charge in [0, 0.05) is 6.54 Å². The van der Waals surface area contributed by atoms with Gasteiger partial charge >= 0.3 is 12.0 Å². The van der Waals surface area contributed by atoms with Crippen LogP contribution in [0, 0.1) is 11.3 Å². The Morgan fingerprint density at radius 2 is 1.92 bits per heavy atom. The molecule has 37 heavy (non-hydrogen) atoms. The lowest BCUT2D eigenvalue weighted by atomic mass is 10.1. The maximum absolute atomic E-state index is 13.0. The molecular weight excluding hydrogens is 474 g/mol. The summed E-state index contributed by atoms with van der Waals surface area (Å²) in [6.07, 6.45) is 6.95. The number of rotatable bonds is 17. The van der Waals surface area contributed by atoms with Gasteiger partial charge in [0.25, 0.3) is 5.91 Å². The van der Waals surface area contributed by atoms with Crippen LogP contribution in [0.4, 0.5) is 4.79 Å². The number of amides is 3. The molecular formula is C27H41N5O5. The van der Waals surface area contributed by atoms with Crippen molar-refractivity contribution in [1.29, 1.82) is 5.26 Å². The van der Waals surface area contributed by atoms with E-state index in [0.29, 0.717) is 18.8 Å². The van der Waals surface area contributed by atoms with Crippen LogP contribution < -0.4 is 15.5 Å². The molecule has 1 aliphatic rings. The summed E-state index contributed by atoms with van der Waals surface area (Å²) in [5, 5.41) is 22.8. The molecule has 3 amide bonds. The fraction of sp³-hybridized carbons (Fsp3) is 0.630. The Labute approximate surface area is 219 Å². The molecule has 0 radical (unpaired) electrons. The average Bonchev–Trinajstić information content (AvgIpc) is 2.86. The van der Waals surface area contributed by atoms with Crippen molar-refractivity contribution in [2.45, 2.75) is 90.3 Å². The van der Waals surface area contributed by atoms with E-state index in [1.807, 2.05) is 24.3 Å². The van der Waals surface area contributed by atoms with Crippen LogP contribution in [0.1, 0.15) is 77.7 Å². The SMILES string of the molecule is CCCCCCCN1C(=O)C(NCCCCc2cccc(OC(C)(C)C(=O)O)c2)NN(CCC#N)C1=O. The van der Waals surface area contributed by atoms with Gasteiger partial charge in [-0.1, -0.05) is 44.7 Å². The van der Waals surface area contributed by atoms with E-state index in [-0.39, 0.29) is 18.9 Å². The van der Waals surface area contributed by atoms with E-state index < -0.39 is 23.8 Å². The van der Waals surface area contributed by atoms with Crippen LogP contribution in [-0.4, -0.2) is 64.3 Å². The molecule has 1 fully saturated rings. The first kappa shape index (κ1) is 30.1. The first-order valence-electron chi connectivity index (χ1n) is 13.2. The second-order valence-electron chi connectivity index (χ2n) is 9.78. The summed E-state index contributed by atoms with van der Waals surface area (Å²) in [6, 6.07) is 9.05. The fourth-order valence-electron chi connectivity index (χ4n) is 4.00. The van der Waals surface area contributed by atoms with Crippen LogP contribution >= 0.6 is 0 Å². The largest absolute Gasteiger partial charge is 0.478 e. The highest BCUT2D eigenvalue weighted by molar-refractivity contribution is 5.98. The number of ether oxygens (including phenoxy) is 1. The number of carbonyl (C=O) groups is 3. The highest BCUT2D eigenvalue weighted by Crippen LogP contribution is 2.21. The molecule has 0 saturated carbocycles. The summed E-state index contributed by atoms with van der Waals surface area (Å²) in [6.45, 7) is 6.32. The Morgan fingerprint density at radius 1 is 1.16 bits per heavy atom. The lowest BCUT2D eigenvalue weighted by molar-refractivity contribution is -0.152. The molecule has 204 valence electrons. The van der Waals surface area contributed by atoms with Gasteiger partial charge in [0.1, 0.15) is 5.75 Å². The van der Waals surface area contributed by atoms with Crippen LogP contribution in [0.2, 0.25) is 0 Å². The number of hydrazine groups is 1. The Hall–Kier alpha value is -3.16. The van der Waals surface area contributed by atoms with Crippen molar-refractivity contribution in [1.82, 2.24) is 20.7 Å². The van der Waals surface area contributed by atoms with Crippen LogP contribution in [0.5, 0.6) is 5.75 Å².